The van der Waals surface area contributed by atoms with E-state index < -0.39 is 5.54 Å². The summed E-state index contributed by atoms with van der Waals surface area (Å²) in [6.45, 7) is 0.258. The van der Waals surface area contributed by atoms with Crippen LogP contribution in [0.1, 0.15) is 51.4 Å². The van der Waals surface area contributed by atoms with Crippen LogP contribution in [0.4, 0.5) is 0 Å². The van der Waals surface area contributed by atoms with E-state index in [-0.39, 0.29) is 24.6 Å². The van der Waals surface area contributed by atoms with Gasteiger partial charge in [-0.05, 0) is 38.5 Å². The van der Waals surface area contributed by atoms with Gasteiger partial charge in [0.1, 0.15) is 5.54 Å². The first-order valence-corrected chi connectivity index (χ1v) is 7.22. The first-order valence-electron chi connectivity index (χ1n) is 7.22. The zero-order valence-electron chi connectivity index (χ0n) is 11.4. The van der Waals surface area contributed by atoms with Crippen molar-refractivity contribution in [1.82, 2.24) is 10.6 Å². The van der Waals surface area contributed by atoms with Crippen molar-refractivity contribution >= 4 is 5.91 Å². The van der Waals surface area contributed by atoms with E-state index in [0.717, 1.165) is 51.4 Å². The Morgan fingerprint density at radius 2 is 1.74 bits per heavy atom. The van der Waals surface area contributed by atoms with Crippen molar-refractivity contribution in [2.24, 2.45) is 0 Å². The van der Waals surface area contributed by atoms with Crippen LogP contribution >= 0.6 is 0 Å². The number of rotatable bonds is 5. The van der Waals surface area contributed by atoms with Gasteiger partial charge < -0.3 is 15.7 Å². The van der Waals surface area contributed by atoms with Gasteiger partial charge in [-0.2, -0.15) is 5.26 Å². The maximum absolute atomic E-state index is 12.0. The number of carbonyl (C=O) groups excluding carboxylic acids is 1. The lowest BCUT2D eigenvalue weighted by molar-refractivity contribution is -0.122. The van der Waals surface area contributed by atoms with Crippen molar-refractivity contribution in [3.63, 3.8) is 0 Å². The molecule has 106 valence electrons. The van der Waals surface area contributed by atoms with E-state index in [0.29, 0.717) is 0 Å². The molecule has 2 aliphatic rings. The summed E-state index contributed by atoms with van der Waals surface area (Å²) in [4.78, 5) is 12.0. The standard InChI is InChI=1S/C14H23N3O2/c15-10-13(5-1-2-6-13)17-12(19)9-16-14(11-18)7-3-4-8-14/h16,18H,1-9,11H2,(H,17,19). The summed E-state index contributed by atoms with van der Waals surface area (Å²) in [6, 6.07) is 2.25. The minimum Gasteiger partial charge on any atom is -0.394 e. The van der Waals surface area contributed by atoms with Crippen molar-refractivity contribution in [1.29, 1.82) is 5.26 Å². The summed E-state index contributed by atoms with van der Waals surface area (Å²) in [6.07, 6.45) is 7.53. The molecule has 1 amide bonds. The minimum absolute atomic E-state index is 0.0731. The molecule has 0 radical (unpaired) electrons. The Balaban J connectivity index is 1.83. The molecule has 2 saturated carbocycles. The summed E-state index contributed by atoms with van der Waals surface area (Å²) in [5.74, 6) is -0.136. The predicted molar refractivity (Wildman–Crippen MR) is 71.2 cm³/mol. The zero-order chi connectivity index (χ0) is 13.8. The highest BCUT2D eigenvalue weighted by atomic mass is 16.3. The second-order valence-electron chi connectivity index (χ2n) is 5.95. The van der Waals surface area contributed by atoms with Crippen LogP contribution in [0.3, 0.4) is 0 Å². The second kappa shape index (κ2) is 5.89. The maximum Gasteiger partial charge on any atom is 0.235 e. The highest BCUT2D eigenvalue weighted by Crippen LogP contribution is 2.30. The maximum atomic E-state index is 12.0. The van der Waals surface area contributed by atoms with Crippen LogP contribution in [-0.2, 0) is 4.79 Å². The second-order valence-corrected chi connectivity index (χ2v) is 5.95. The Kier molecular flexibility index (Phi) is 4.43. The number of nitriles is 1. The van der Waals surface area contributed by atoms with Gasteiger partial charge in [0.2, 0.25) is 5.91 Å². The Bertz CT molecular complexity index is 363. The smallest absolute Gasteiger partial charge is 0.235 e. The highest BCUT2D eigenvalue weighted by Gasteiger charge is 2.37. The number of aliphatic hydroxyl groups is 1. The molecule has 0 atom stereocenters. The van der Waals surface area contributed by atoms with E-state index in [1.165, 1.54) is 0 Å². The molecule has 2 aliphatic carbocycles. The molecule has 5 heteroatoms. The number of nitrogens with one attached hydrogen (secondary N) is 2. The van der Waals surface area contributed by atoms with Gasteiger partial charge in [-0.25, -0.2) is 0 Å². The molecule has 0 saturated heterocycles. The van der Waals surface area contributed by atoms with Gasteiger partial charge in [0, 0.05) is 5.54 Å². The summed E-state index contributed by atoms with van der Waals surface area (Å²) in [5, 5.41) is 24.7. The summed E-state index contributed by atoms with van der Waals surface area (Å²) in [7, 11) is 0. The van der Waals surface area contributed by atoms with Gasteiger partial charge >= 0.3 is 0 Å². The first kappa shape index (κ1) is 14.3. The van der Waals surface area contributed by atoms with Crippen LogP contribution in [0.5, 0.6) is 0 Å². The van der Waals surface area contributed by atoms with E-state index in [2.05, 4.69) is 16.7 Å². The Hall–Kier alpha value is -1.12. The fraction of sp³-hybridized carbons (Fsp3) is 0.857. The predicted octanol–water partition coefficient (Wildman–Crippen LogP) is 0.834. The molecule has 0 aromatic carbocycles. The minimum atomic E-state index is -0.652. The Morgan fingerprint density at radius 1 is 1.16 bits per heavy atom. The molecule has 0 bridgehead atoms. The average Bonchev–Trinajstić information content (AvgIpc) is 3.07. The Morgan fingerprint density at radius 3 is 2.26 bits per heavy atom. The third-order valence-electron chi connectivity index (χ3n) is 4.54. The lowest BCUT2D eigenvalue weighted by atomic mass is 9.98. The molecule has 2 fully saturated rings. The van der Waals surface area contributed by atoms with Crippen LogP contribution < -0.4 is 10.6 Å². The molecular weight excluding hydrogens is 242 g/mol. The monoisotopic (exact) mass is 265 g/mol. The third-order valence-corrected chi connectivity index (χ3v) is 4.54. The van der Waals surface area contributed by atoms with Gasteiger partial charge in [-0.15, -0.1) is 0 Å². The van der Waals surface area contributed by atoms with E-state index in [4.69, 9.17) is 0 Å². The molecule has 0 aliphatic heterocycles. The fourth-order valence-corrected chi connectivity index (χ4v) is 3.26. The normalized spacial score (nSPS) is 24.0. The van der Waals surface area contributed by atoms with Gasteiger partial charge in [0.15, 0.2) is 0 Å². The summed E-state index contributed by atoms with van der Waals surface area (Å²) >= 11 is 0. The van der Waals surface area contributed by atoms with Crippen LogP contribution in [-0.4, -0.2) is 35.2 Å². The molecule has 19 heavy (non-hydrogen) atoms. The van der Waals surface area contributed by atoms with E-state index >= 15 is 0 Å². The van der Waals surface area contributed by atoms with Crippen LogP contribution in [0.15, 0.2) is 0 Å². The molecule has 0 aromatic heterocycles. The largest absolute Gasteiger partial charge is 0.394 e. The van der Waals surface area contributed by atoms with Gasteiger partial charge in [0.25, 0.3) is 0 Å². The number of amides is 1. The number of aliphatic hydroxyl groups excluding tert-OH is 1. The zero-order valence-corrected chi connectivity index (χ0v) is 11.4. The van der Waals surface area contributed by atoms with E-state index in [1.807, 2.05) is 0 Å². The lowest BCUT2D eigenvalue weighted by Crippen LogP contribution is -2.53. The first-order chi connectivity index (χ1) is 9.14. The fourth-order valence-electron chi connectivity index (χ4n) is 3.26. The molecule has 0 unspecified atom stereocenters. The summed E-state index contributed by atoms with van der Waals surface area (Å²) < 4.78 is 0. The molecule has 0 spiro atoms. The van der Waals surface area contributed by atoms with Crippen molar-refractivity contribution in [2.45, 2.75) is 62.4 Å². The van der Waals surface area contributed by atoms with Gasteiger partial charge in [-0.1, -0.05) is 12.8 Å². The summed E-state index contributed by atoms with van der Waals surface area (Å²) in [5.41, 5.74) is -0.937. The molecular formula is C14H23N3O2. The van der Waals surface area contributed by atoms with Crippen molar-refractivity contribution < 1.29 is 9.90 Å². The topological polar surface area (TPSA) is 85.2 Å². The van der Waals surface area contributed by atoms with Crippen molar-refractivity contribution in [3.8, 4) is 6.07 Å². The lowest BCUT2D eigenvalue weighted by Gasteiger charge is -2.29. The number of carbonyl (C=O) groups is 1. The van der Waals surface area contributed by atoms with Gasteiger partial charge in [0.05, 0.1) is 19.2 Å². The Labute approximate surface area is 114 Å². The highest BCUT2D eigenvalue weighted by molar-refractivity contribution is 5.79. The third kappa shape index (κ3) is 3.26. The SMILES string of the molecule is N#CC1(NC(=O)CNC2(CO)CCCC2)CCCC1. The number of hydrogen-bond acceptors (Lipinski definition) is 4. The van der Waals surface area contributed by atoms with Crippen LogP contribution in [0, 0.1) is 11.3 Å². The van der Waals surface area contributed by atoms with Crippen LogP contribution in [0.2, 0.25) is 0 Å². The van der Waals surface area contributed by atoms with E-state index in [1.54, 1.807) is 0 Å². The number of nitrogens with zero attached hydrogens (tertiary/aromatic N) is 1. The van der Waals surface area contributed by atoms with Gasteiger partial charge in [-0.3, -0.25) is 4.79 Å². The molecule has 5 nitrogen and oxygen atoms in total. The molecule has 0 aromatic rings. The quantitative estimate of drug-likeness (QED) is 0.687. The van der Waals surface area contributed by atoms with Crippen LogP contribution in [0.25, 0.3) is 0 Å². The van der Waals surface area contributed by atoms with Crippen molar-refractivity contribution in [3.05, 3.63) is 0 Å². The molecule has 3 N–H and O–H groups in total. The number of hydrogen-bond donors (Lipinski definition) is 3. The molecule has 2 rings (SSSR count). The molecule has 0 heterocycles. The average molecular weight is 265 g/mol. The van der Waals surface area contributed by atoms with Crippen molar-refractivity contribution in [2.75, 3.05) is 13.2 Å². The van der Waals surface area contributed by atoms with E-state index in [9.17, 15) is 15.2 Å².